The number of carboxylic acid groups (broad SMARTS) is 1. The molecule has 11 nitrogen and oxygen atoms in total. The highest BCUT2D eigenvalue weighted by Gasteiger charge is 2.34. The van der Waals surface area contributed by atoms with Gasteiger partial charge in [0.15, 0.2) is 0 Å². The van der Waals surface area contributed by atoms with E-state index in [-0.39, 0.29) is 29.9 Å². The molecule has 220 valence electrons. The Morgan fingerprint density at radius 3 is 2.71 bits per heavy atom. The number of nitrogens with zero attached hydrogens (tertiary/aromatic N) is 5. The van der Waals surface area contributed by atoms with Crippen molar-refractivity contribution >= 4 is 18.1 Å². The number of halogens is 1. The van der Waals surface area contributed by atoms with E-state index in [1.54, 1.807) is 17.0 Å². The number of aromatic nitrogens is 1. The number of ether oxygens (including phenoxy) is 2. The van der Waals surface area contributed by atoms with Crippen molar-refractivity contribution in [2.24, 2.45) is 0 Å². The highest BCUT2D eigenvalue weighted by atomic mass is 19.1. The lowest BCUT2D eigenvalue weighted by molar-refractivity contribution is -0.123. The van der Waals surface area contributed by atoms with Gasteiger partial charge in [-0.25, -0.2) is 9.37 Å². The van der Waals surface area contributed by atoms with E-state index in [1.165, 1.54) is 12.1 Å². The Morgan fingerprint density at radius 2 is 2.00 bits per heavy atom. The van der Waals surface area contributed by atoms with E-state index >= 15 is 0 Å². The number of hydrogen-bond donors (Lipinski definition) is 2. The number of rotatable bonds is 6. The quantitative estimate of drug-likeness (QED) is 0.494. The van der Waals surface area contributed by atoms with E-state index in [4.69, 9.17) is 19.4 Å². The van der Waals surface area contributed by atoms with Gasteiger partial charge in [0.05, 0.1) is 26.3 Å². The summed E-state index contributed by atoms with van der Waals surface area (Å²) >= 11 is 0. The van der Waals surface area contributed by atoms with Crippen LogP contribution in [-0.4, -0.2) is 109 Å². The summed E-state index contributed by atoms with van der Waals surface area (Å²) in [6, 6.07) is 11.0. The number of amides is 1. The van der Waals surface area contributed by atoms with Crippen molar-refractivity contribution in [3.05, 3.63) is 53.0 Å². The third kappa shape index (κ3) is 7.77. The highest BCUT2D eigenvalue weighted by Crippen LogP contribution is 2.33. The van der Waals surface area contributed by atoms with Gasteiger partial charge in [-0.3, -0.25) is 19.4 Å². The molecule has 0 spiro atoms. The van der Waals surface area contributed by atoms with Crippen LogP contribution in [0, 0.1) is 17.1 Å². The van der Waals surface area contributed by atoms with Crippen molar-refractivity contribution in [2.75, 3.05) is 64.0 Å². The monoisotopic (exact) mass is 568 g/mol. The first-order valence-electron chi connectivity index (χ1n) is 13.8. The van der Waals surface area contributed by atoms with Crippen LogP contribution in [0.15, 0.2) is 30.3 Å². The molecule has 1 aromatic heterocycles. The molecule has 2 fully saturated rings. The summed E-state index contributed by atoms with van der Waals surface area (Å²) < 4.78 is 24.8. The largest absolute Gasteiger partial charge is 0.483 e. The van der Waals surface area contributed by atoms with Crippen LogP contribution in [0.3, 0.4) is 0 Å². The molecule has 0 radical (unpaired) electrons. The van der Waals surface area contributed by atoms with E-state index in [0.717, 1.165) is 45.0 Å². The third-order valence-electron chi connectivity index (χ3n) is 7.62. The second kappa shape index (κ2) is 14.3. The number of nitrogens with one attached hydrogen (secondary N) is 1. The second-order valence-electron chi connectivity index (χ2n) is 10.5. The zero-order chi connectivity index (χ0) is 29.4. The molecule has 3 aliphatic rings. The number of benzene rings is 1. The summed E-state index contributed by atoms with van der Waals surface area (Å²) in [5.74, 6) is -0.0223. The van der Waals surface area contributed by atoms with Crippen molar-refractivity contribution in [3.8, 4) is 11.9 Å². The molecule has 0 bridgehead atoms. The predicted octanol–water partition coefficient (Wildman–Crippen LogP) is 1.49. The van der Waals surface area contributed by atoms with Gasteiger partial charge in [0.1, 0.15) is 29.9 Å². The smallest absolute Gasteiger partial charge is 0.290 e. The van der Waals surface area contributed by atoms with E-state index in [1.807, 2.05) is 6.07 Å². The lowest BCUT2D eigenvalue weighted by Gasteiger charge is -2.44. The van der Waals surface area contributed by atoms with Crippen molar-refractivity contribution in [2.45, 2.75) is 38.4 Å². The van der Waals surface area contributed by atoms with E-state index in [0.29, 0.717) is 55.3 Å². The number of fused-ring (bicyclic) bond motifs is 1. The van der Waals surface area contributed by atoms with Gasteiger partial charge in [-0.2, -0.15) is 5.26 Å². The Kier molecular flexibility index (Phi) is 10.6. The van der Waals surface area contributed by atoms with Crippen molar-refractivity contribution in [1.82, 2.24) is 20.1 Å². The van der Waals surface area contributed by atoms with Gasteiger partial charge in [-0.05, 0) is 43.2 Å². The van der Waals surface area contributed by atoms with Crippen molar-refractivity contribution < 1.29 is 28.6 Å². The Balaban J connectivity index is 0.00000124. The summed E-state index contributed by atoms with van der Waals surface area (Å²) in [6.07, 6.45) is 0.403. The van der Waals surface area contributed by atoms with Crippen molar-refractivity contribution in [3.63, 3.8) is 0 Å². The van der Waals surface area contributed by atoms with Crippen LogP contribution in [-0.2, 0) is 20.7 Å². The fourth-order valence-corrected chi connectivity index (χ4v) is 5.46. The maximum absolute atomic E-state index is 13.7. The molecule has 12 heteroatoms. The lowest BCUT2D eigenvalue weighted by atomic mass is 10.0. The van der Waals surface area contributed by atoms with Crippen LogP contribution in [0.4, 0.5) is 10.1 Å². The molecule has 3 aliphatic heterocycles. The first kappa shape index (κ1) is 30.3. The van der Waals surface area contributed by atoms with Crippen LogP contribution >= 0.6 is 0 Å². The van der Waals surface area contributed by atoms with Gasteiger partial charge in [0.2, 0.25) is 11.8 Å². The predicted molar refractivity (Wildman–Crippen MR) is 149 cm³/mol. The van der Waals surface area contributed by atoms with Gasteiger partial charge >= 0.3 is 0 Å². The van der Waals surface area contributed by atoms with Gasteiger partial charge in [0.25, 0.3) is 6.47 Å². The number of hydrogen-bond acceptors (Lipinski definition) is 9. The van der Waals surface area contributed by atoms with Gasteiger partial charge in [-0.15, -0.1) is 0 Å². The van der Waals surface area contributed by atoms with Crippen LogP contribution in [0.2, 0.25) is 0 Å². The molecule has 4 heterocycles. The highest BCUT2D eigenvalue weighted by molar-refractivity contribution is 5.96. The molecule has 1 unspecified atom stereocenters. The number of nitriles is 1. The summed E-state index contributed by atoms with van der Waals surface area (Å²) in [5.41, 5.74) is 2.36. The molecule has 3 atom stereocenters. The Bertz CT molecular complexity index is 1240. The standard InChI is InChI=1S/C28H35FN6O3.CH2O2/c1-19-15-34(24(14-31-19)16-33-7-9-37-18-20(33)2)17-27(36)35-8-10-38-28-26(35)12-22(25(13-30)32-28)11-21-3-5-23(29)6-4-21;2-1-3/h3-6,12,19-20,24,31H,7-11,14-18H2,1-2H3;1H,(H,2,3)/t19-,20?,24-;/m1./s1. The number of carbonyl (C=O) groups excluding carboxylic acids is 1. The third-order valence-corrected chi connectivity index (χ3v) is 7.62. The average Bonchev–Trinajstić information content (AvgIpc) is 2.96. The van der Waals surface area contributed by atoms with Crippen LogP contribution < -0.4 is 15.0 Å². The first-order valence-corrected chi connectivity index (χ1v) is 13.8. The van der Waals surface area contributed by atoms with Crippen LogP contribution in [0.5, 0.6) is 5.88 Å². The lowest BCUT2D eigenvalue weighted by Crippen LogP contribution is -2.62. The minimum atomic E-state index is -0.313. The SMILES string of the molecule is CC1COCCN1C[C@H]1CN[C@H](C)CN1CC(=O)N1CCOc2nc(C#N)c(Cc3ccc(F)cc3)cc21.O=CO. The summed E-state index contributed by atoms with van der Waals surface area (Å²) in [5, 5.41) is 20.2. The van der Waals surface area contributed by atoms with E-state index in [2.05, 4.69) is 40.0 Å². The molecule has 5 rings (SSSR count). The molecule has 41 heavy (non-hydrogen) atoms. The molecule has 1 aromatic carbocycles. The molecule has 2 aromatic rings. The summed E-state index contributed by atoms with van der Waals surface area (Å²) in [4.78, 5) is 33.0. The zero-order valence-electron chi connectivity index (χ0n) is 23.5. The van der Waals surface area contributed by atoms with Crippen molar-refractivity contribution in [1.29, 1.82) is 5.26 Å². The first-order chi connectivity index (χ1) is 19.8. The Morgan fingerprint density at radius 1 is 1.24 bits per heavy atom. The fourth-order valence-electron chi connectivity index (χ4n) is 5.46. The minimum absolute atomic E-state index is 0.0112. The Hall–Kier alpha value is -3.63. The number of carbonyl (C=O) groups is 2. The van der Waals surface area contributed by atoms with Crippen LogP contribution in [0.25, 0.3) is 0 Å². The molecule has 0 aliphatic carbocycles. The van der Waals surface area contributed by atoms with Crippen LogP contribution in [0.1, 0.15) is 30.7 Å². The number of piperazine rings is 1. The normalized spacial score (nSPS) is 22.9. The summed E-state index contributed by atoms with van der Waals surface area (Å²) in [7, 11) is 0. The molecular formula is C29H37FN6O5. The van der Waals surface area contributed by atoms with Gasteiger partial charge in [0, 0.05) is 50.7 Å². The topological polar surface area (TPSA) is 131 Å². The molecule has 1 amide bonds. The fraction of sp³-hybridized carbons (Fsp3) is 0.517. The number of morpholine rings is 1. The Labute approximate surface area is 239 Å². The number of anilines is 1. The van der Waals surface area contributed by atoms with Gasteiger partial charge in [-0.1, -0.05) is 12.1 Å². The zero-order valence-corrected chi connectivity index (χ0v) is 23.5. The maximum atomic E-state index is 13.7. The molecule has 2 saturated heterocycles. The van der Waals surface area contributed by atoms with E-state index in [9.17, 15) is 14.4 Å². The maximum Gasteiger partial charge on any atom is 0.290 e. The average molecular weight is 569 g/mol. The van der Waals surface area contributed by atoms with Gasteiger partial charge < -0.3 is 24.8 Å². The molecule has 0 saturated carbocycles. The second-order valence-corrected chi connectivity index (χ2v) is 10.5. The van der Waals surface area contributed by atoms with E-state index < -0.39 is 0 Å². The minimum Gasteiger partial charge on any atom is -0.483 e. The number of pyridine rings is 1. The summed E-state index contributed by atoms with van der Waals surface area (Å²) in [6.45, 7) is 9.97. The molecule has 2 N–H and O–H groups in total. The molecular weight excluding hydrogens is 531 g/mol.